The quantitative estimate of drug-likeness (QED) is 0.0551. The third-order valence-corrected chi connectivity index (χ3v) is 8.59. The van der Waals surface area contributed by atoms with Crippen LogP contribution in [0.5, 0.6) is 0 Å². The molecule has 4 rings (SSSR count). The SMILES string of the molecule is CC(C)(ON=C(C(=O)NC1(C=S)C(=O)N2C(C(=O)O)=C(C3=NC(=N)CC(N)N3N)CS[C@H]21)c1csc(N)n1)C(=O)O. The molecule has 41 heavy (non-hydrogen) atoms. The maximum atomic E-state index is 13.6. The van der Waals surface area contributed by atoms with Crippen molar-refractivity contribution < 1.29 is 34.2 Å². The molecule has 3 atom stereocenters. The van der Waals surface area contributed by atoms with Crippen LogP contribution in [0.1, 0.15) is 26.0 Å². The number of aromatic nitrogens is 1. The Morgan fingerprint density at radius 3 is 2.63 bits per heavy atom. The molecule has 2 amide bonds. The van der Waals surface area contributed by atoms with Gasteiger partial charge >= 0.3 is 11.9 Å². The topological polar surface area (TPSA) is 276 Å². The Labute approximate surface area is 244 Å². The fourth-order valence-corrected chi connectivity index (χ4v) is 6.31. The van der Waals surface area contributed by atoms with Crippen LogP contribution in [0, 0.1) is 5.41 Å². The highest BCUT2D eigenvalue weighted by atomic mass is 32.2. The number of hydrazine groups is 1. The predicted molar refractivity (Wildman–Crippen MR) is 152 cm³/mol. The number of amides is 2. The molecule has 20 heteroatoms. The van der Waals surface area contributed by atoms with Crippen LogP contribution >= 0.6 is 35.3 Å². The van der Waals surface area contributed by atoms with Crippen LogP contribution < -0.4 is 22.6 Å². The van der Waals surface area contributed by atoms with Crippen LogP contribution in [0.4, 0.5) is 5.13 Å². The number of nitrogens with one attached hydrogen (secondary N) is 2. The first-order chi connectivity index (χ1) is 19.1. The van der Waals surface area contributed by atoms with Gasteiger partial charge in [0.1, 0.15) is 28.8 Å². The first-order valence-corrected chi connectivity index (χ1v) is 13.9. The van der Waals surface area contributed by atoms with Gasteiger partial charge in [0.05, 0.1) is 0 Å². The van der Waals surface area contributed by atoms with E-state index in [2.05, 4.69) is 20.4 Å². The minimum Gasteiger partial charge on any atom is -0.478 e. The first kappa shape index (κ1) is 30.0. The molecule has 0 aromatic carbocycles. The lowest BCUT2D eigenvalue weighted by Crippen LogP contribution is -2.81. The molecular weight excluding hydrogens is 600 g/mol. The van der Waals surface area contributed by atoms with E-state index < -0.39 is 57.8 Å². The van der Waals surface area contributed by atoms with E-state index in [0.717, 1.165) is 38.4 Å². The Morgan fingerprint density at radius 2 is 2.07 bits per heavy atom. The summed E-state index contributed by atoms with van der Waals surface area (Å²) in [4.78, 5) is 65.0. The van der Waals surface area contributed by atoms with Crippen molar-refractivity contribution in [1.29, 1.82) is 5.41 Å². The molecule has 1 saturated heterocycles. The second-order valence-electron chi connectivity index (χ2n) is 9.39. The van der Waals surface area contributed by atoms with Crippen molar-refractivity contribution in [3.8, 4) is 0 Å². The van der Waals surface area contributed by atoms with E-state index in [1.807, 2.05) is 0 Å². The third-order valence-electron chi connectivity index (χ3n) is 6.19. The molecular formula is C21H24N10O7S3. The monoisotopic (exact) mass is 624 g/mol. The number of nitrogen functional groups attached to an aromatic ring is 1. The number of thioether (sulfide) groups is 1. The minimum atomic E-state index is -1.87. The number of carbonyl (C=O) groups excluding carboxylic acids is 2. The van der Waals surface area contributed by atoms with E-state index in [4.69, 9.17) is 39.8 Å². The number of carbonyl (C=O) groups is 4. The molecule has 1 fully saturated rings. The summed E-state index contributed by atoms with van der Waals surface area (Å²) in [6, 6.07) is 0. The summed E-state index contributed by atoms with van der Waals surface area (Å²) in [6.45, 7) is 2.41. The van der Waals surface area contributed by atoms with E-state index in [9.17, 15) is 29.4 Å². The van der Waals surface area contributed by atoms with Crippen molar-refractivity contribution in [3.63, 3.8) is 0 Å². The van der Waals surface area contributed by atoms with Crippen LogP contribution in [0.15, 0.2) is 26.8 Å². The Balaban J connectivity index is 1.69. The number of nitrogens with zero attached hydrogens (tertiary/aromatic N) is 5. The Morgan fingerprint density at radius 1 is 1.39 bits per heavy atom. The smallest absolute Gasteiger partial charge is 0.353 e. The first-order valence-electron chi connectivity index (χ1n) is 11.5. The Bertz CT molecular complexity index is 1470. The van der Waals surface area contributed by atoms with Crippen molar-refractivity contribution in [2.45, 2.75) is 42.9 Å². The van der Waals surface area contributed by atoms with Crippen LogP contribution in [-0.2, 0) is 24.0 Å². The minimum absolute atomic E-state index is 0.0377. The van der Waals surface area contributed by atoms with Gasteiger partial charge in [0, 0.05) is 28.5 Å². The zero-order valence-electron chi connectivity index (χ0n) is 21.4. The number of β-lactam (4-membered cyclic amide) rings is 1. The lowest BCUT2D eigenvalue weighted by Gasteiger charge is -2.55. The molecule has 2 unspecified atom stereocenters. The van der Waals surface area contributed by atoms with E-state index in [1.54, 1.807) is 0 Å². The number of hydrogen-bond donors (Lipinski definition) is 7. The molecule has 218 valence electrons. The van der Waals surface area contributed by atoms with Gasteiger partial charge in [0.15, 0.2) is 22.2 Å². The highest BCUT2D eigenvalue weighted by molar-refractivity contribution is 8.00. The number of aliphatic carboxylic acids is 2. The van der Waals surface area contributed by atoms with Gasteiger partial charge in [-0.2, -0.15) is 0 Å². The summed E-state index contributed by atoms with van der Waals surface area (Å²) < 4.78 is 0. The van der Waals surface area contributed by atoms with Crippen molar-refractivity contribution in [2.75, 3.05) is 11.5 Å². The second-order valence-corrected chi connectivity index (χ2v) is 11.6. The van der Waals surface area contributed by atoms with E-state index in [1.165, 1.54) is 19.2 Å². The molecule has 0 spiro atoms. The number of thiocarbonyl (C=S) groups is 1. The fourth-order valence-electron chi connectivity index (χ4n) is 3.96. The lowest BCUT2D eigenvalue weighted by atomic mass is 9.87. The van der Waals surface area contributed by atoms with Gasteiger partial charge < -0.3 is 31.8 Å². The summed E-state index contributed by atoms with van der Waals surface area (Å²) in [6.07, 6.45) is -0.798. The van der Waals surface area contributed by atoms with Crippen LogP contribution in [0.3, 0.4) is 0 Å². The van der Waals surface area contributed by atoms with Crippen LogP contribution in [0.25, 0.3) is 0 Å². The Kier molecular flexibility index (Phi) is 7.88. The lowest BCUT2D eigenvalue weighted by molar-refractivity contribution is -0.161. The maximum Gasteiger partial charge on any atom is 0.353 e. The van der Waals surface area contributed by atoms with E-state index in [0.29, 0.717) is 0 Å². The fraction of sp³-hybridized carbons (Fsp3) is 0.381. The number of amidine groups is 2. The number of aliphatic imine (C=N–C) groups is 1. The summed E-state index contributed by atoms with van der Waals surface area (Å²) in [7, 11) is 0. The average Bonchev–Trinajstić information content (AvgIpc) is 3.33. The number of hydrogen-bond acceptors (Lipinski definition) is 15. The third kappa shape index (κ3) is 5.14. The number of fused-ring (bicyclic) bond motifs is 1. The van der Waals surface area contributed by atoms with Crippen molar-refractivity contribution >= 4 is 87.0 Å². The van der Waals surface area contributed by atoms with Crippen molar-refractivity contribution in [3.05, 3.63) is 22.3 Å². The van der Waals surface area contributed by atoms with Gasteiger partial charge in [0.2, 0.25) is 5.60 Å². The molecule has 0 radical (unpaired) electrons. The molecule has 0 bridgehead atoms. The molecule has 3 aliphatic rings. The molecule has 1 aromatic heterocycles. The molecule has 4 heterocycles. The van der Waals surface area contributed by atoms with E-state index >= 15 is 0 Å². The van der Waals surface area contributed by atoms with E-state index in [-0.39, 0.29) is 40.2 Å². The Hall–Kier alpha value is -3.98. The van der Waals surface area contributed by atoms with Crippen molar-refractivity contribution in [2.24, 2.45) is 21.7 Å². The number of carboxylic acid groups (broad SMARTS) is 2. The van der Waals surface area contributed by atoms with Crippen LogP contribution in [-0.4, -0.2) is 100 Å². The second kappa shape index (κ2) is 10.8. The summed E-state index contributed by atoms with van der Waals surface area (Å²) in [5.74, 6) is 1.06. The molecule has 10 N–H and O–H groups in total. The van der Waals surface area contributed by atoms with Gasteiger partial charge in [-0.25, -0.2) is 25.4 Å². The number of thiazole rings is 1. The van der Waals surface area contributed by atoms with Gasteiger partial charge in [-0.3, -0.25) is 24.9 Å². The molecule has 0 aliphatic carbocycles. The number of rotatable bonds is 9. The number of anilines is 1. The molecule has 3 aliphatic heterocycles. The summed E-state index contributed by atoms with van der Waals surface area (Å²) in [5.41, 5.74) is 6.99. The maximum absolute atomic E-state index is 13.6. The zero-order valence-corrected chi connectivity index (χ0v) is 23.8. The molecule has 17 nitrogen and oxygen atoms in total. The van der Waals surface area contributed by atoms with Gasteiger partial charge in [0.25, 0.3) is 11.8 Å². The number of carboxylic acids is 2. The predicted octanol–water partition coefficient (Wildman–Crippen LogP) is -1.34. The van der Waals surface area contributed by atoms with Crippen molar-refractivity contribution in [1.82, 2.24) is 20.2 Å². The molecule has 1 aromatic rings. The highest BCUT2D eigenvalue weighted by Crippen LogP contribution is 2.46. The van der Waals surface area contributed by atoms with Crippen LogP contribution in [0.2, 0.25) is 0 Å². The largest absolute Gasteiger partial charge is 0.478 e. The normalized spacial score (nSPS) is 24.8. The summed E-state index contributed by atoms with van der Waals surface area (Å²) >= 11 is 7.17. The van der Waals surface area contributed by atoms with Gasteiger partial charge in [-0.1, -0.05) is 17.4 Å². The zero-order chi connectivity index (χ0) is 30.4. The summed E-state index contributed by atoms with van der Waals surface area (Å²) in [5, 5.41) is 36.0. The standard InChI is InChI=1S/C21H24N10O7S3/c1-20(2,18(36)37)38-29-11(8-5-41-19(24)26-8)14(32)28-21(6-39)16(35)30-12(15(33)34)7(4-40-17(21)30)13-27-9(22)3-10(23)31(13)25/h5-6,10,17,22H,3-4,23,25H2,1-2H3,(H2,24,26)(H,28,32)(H,33,34)(H,36,37)/t10?,17-,21?/m0/s1. The average molecular weight is 625 g/mol. The molecule has 0 saturated carbocycles. The number of oxime groups is 1. The highest BCUT2D eigenvalue weighted by Gasteiger charge is 2.65. The number of nitrogens with two attached hydrogens (primary N) is 3. The van der Waals surface area contributed by atoms with Gasteiger partial charge in [-0.15, -0.1) is 23.1 Å². The van der Waals surface area contributed by atoms with Gasteiger partial charge in [-0.05, 0) is 13.8 Å².